The van der Waals surface area contributed by atoms with Gasteiger partial charge in [0.25, 0.3) is 5.56 Å². The summed E-state index contributed by atoms with van der Waals surface area (Å²) in [6, 6.07) is 5.95. The molecule has 166 valence electrons. The van der Waals surface area contributed by atoms with Crippen molar-refractivity contribution in [2.75, 3.05) is 13.1 Å². The monoisotopic (exact) mass is 448 g/mol. The highest BCUT2D eigenvalue weighted by Gasteiger charge is 2.22. The molecular formula is C25H28N4O2S. The zero-order valence-corrected chi connectivity index (χ0v) is 19.3. The van der Waals surface area contributed by atoms with Crippen LogP contribution in [0.4, 0.5) is 0 Å². The highest BCUT2D eigenvalue weighted by atomic mass is 32.1. The van der Waals surface area contributed by atoms with Crippen molar-refractivity contribution < 1.29 is 0 Å². The molecule has 32 heavy (non-hydrogen) atoms. The number of aryl methyl sites for hydroxylation is 3. The zero-order valence-electron chi connectivity index (χ0n) is 18.4. The van der Waals surface area contributed by atoms with Gasteiger partial charge in [-0.25, -0.2) is 9.36 Å². The van der Waals surface area contributed by atoms with E-state index in [9.17, 15) is 9.59 Å². The minimum Gasteiger partial charge on any atom is -0.350 e. The summed E-state index contributed by atoms with van der Waals surface area (Å²) >= 11 is 1.58. The largest absolute Gasteiger partial charge is 0.350 e. The van der Waals surface area contributed by atoms with Gasteiger partial charge in [-0.2, -0.15) is 0 Å². The van der Waals surface area contributed by atoms with Crippen molar-refractivity contribution in [3.63, 3.8) is 0 Å². The predicted molar refractivity (Wildman–Crippen MR) is 130 cm³/mol. The number of hydrogen-bond donors (Lipinski definition) is 1. The molecule has 1 N–H and O–H groups in total. The van der Waals surface area contributed by atoms with Crippen molar-refractivity contribution in [2.45, 2.75) is 51.5 Å². The van der Waals surface area contributed by atoms with E-state index in [1.807, 2.05) is 18.2 Å². The Kier molecular flexibility index (Phi) is 4.84. The van der Waals surface area contributed by atoms with Crippen LogP contribution >= 0.6 is 11.3 Å². The van der Waals surface area contributed by atoms with Crippen molar-refractivity contribution in [1.29, 1.82) is 0 Å². The number of H-pyrrole nitrogens is 1. The molecule has 6 nitrogen and oxygen atoms in total. The summed E-state index contributed by atoms with van der Waals surface area (Å²) < 4.78 is 3.48. The second-order valence-corrected chi connectivity index (χ2v) is 10.4. The second kappa shape index (κ2) is 7.74. The molecule has 1 aliphatic carbocycles. The molecule has 0 unspecified atom stereocenters. The average molecular weight is 449 g/mol. The molecule has 7 heteroatoms. The topological polar surface area (TPSA) is 63.0 Å². The van der Waals surface area contributed by atoms with Gasteiger partial charge in [-0.3, -0.25) is 14.7 Å². The summed E-state index contributed by atoms with van der Waals surface area (Å²) in [5, 5.41) is 1.83. The van der Waals surface area contributed by atoms with E-state index >= 15 is 0 Å². The first-order chi connectivity index (χ1) is 15.6. The van der Waals surface area contributed by atoms with Gasteiger partial charge in [0.1, 0.15) is 4.83 Å². The molecule has 0 atom stereocenters. The quantitative estimate of drug-likeness (QED) is 0.513. The molecule has 1 fully saturated rings. The molecule has 0 spiro atoms. The molecule has 2 aliphatic rings. The van der Waals surface area contributed by atoms with E-state index in [0.29, 0.717) is 11.1 Å². The fourth-order valence-electron chi connectivity index (χ4n) is 5.56. The molecule has 1 saturated heterocycles. The number of thiophene rings is 1. The molecule has 0 saturated carbocycles. The van der Waals surface area contributed by atoms with Crippen LogP contribution in [-0.4, -0.2) is 32.1 Å². The number of nitrogens with zero attached hydrogens (tertiary/aromatic N) is 3. The fraction of sp³-hybridized carbons (Fsp3) is 0.440. The van der Waals surface area contributed by atoms with Crippen molar-refractivity contribution >= 4 is 32.5 Å². The Morgan fingerprint density at radius 3 is 2.69 bits per heavy atom. The Bertz CT molecular complexity index is 1450. The van der Waals surface area contributed by atoms with Crippen LogP contribution in [0.25, 0.3) is 26.8 Å². The Labute approximate surface area is 190 Å². The predicted octanol–water partition coefficient (Wildman–Crippen LogP) is 4.10. The van der Waals surface area contributed by atoms with Gasteiger partial charge in [-0.05, 0) is 80.9 Å². The van der Waals surface area contributed by atoms with Gasteiger partial charge in [0, 0.05) is 35.6 Å². The summed E-state index contributed by atoms with van der Waals surface area (Å²) in [7, 11) is 2.06. The van der Waals surface area contributed by atoms with Crippen LogP contribution in [0, 0.1) is 0 Å². The number of fused-ring (bicyclic) bond motifs is 4. The maximum Gasteiger partial charge on any atom is 0.334 e. The zero-order chi connectivity index (χ0) is 21.8. The summed E-state index contributed by atoms with van der Waals surface area (Å²) in [5.41, 5.74) is 3.64. The Hall–Kier alpha value is -2.64. The van der Waals surface area contributed by atoms with E-state index < -0.39 is 0 Å². The lowest BCUT2D eigenvalue weighted by Gasteiger charge is -2.26. The Morgan fingerprint density at radius 1 is 1.03 bits per heavy atom. The highest BCUT2D eigenvalue weighted by molar-refractivity contribution is 7.18. The van der Waals surface area contributed by atoms with Crippen molar-refractivity contribution in [2.24, 2.45) is 7.05 Å². The number of piperidine rings is 1. The maximum absolute atomic E-state index is 13.6. The average Bonchev–Trinajstić information content (AvgIpc) is 3.31. The van der Waals surface area contributed by atoms with Crippen LogP contribution in [0.15, 0.2) is 34.0 Å². The fourth-order valence-corrected chi connectivity index (χ4v) is 6.83. The van der Waals surface area contributed by atoms with Crippen molar-refractivity contribution in [1.82, 2.24) is 19.0 Å². The third kappa shape index (κ3) is 3.18. The number of benzene rings is 1. The highest BCUT2D eigenvalue weighted by Crippen LogP contribution is 2.33. The molecule has 0 radical (unpaired) electrons. The third-order valence-electron chi connectivity index (χ3n) is 7.17. The van der Waals surface area contributed by atoms with E-state index in [4.69, 9.17) is 0 Å². The van der Waals surface area contributed by atoms with Crippen molar-refractivity contribution in [3.05, 3.63) is 61.2 Å². The molecule has 1 aliphatic heterocycles. The number of rotatable bonds is 3. The molecule has 4 aromatic rings. The molecular weight excluding hydrogens is 420 g/mol. The van der Waals surface area contributed by atoms with E-state index in [-0.39, 0.29) is 11.2 Å². The summed E-state index contributed by atoms with van der Waals surface area (Å²) in [5.74, 6) is 0. The number of nitrogens with one attached hydrogen (secondary N) is 1. The molecule has 4 heterocycles. The lowest BCUT2D eigenvalue weighted by molar-refractivity contribution is 0.221. The second-order valence-electron chi connectivity index (χ2n) is 9.29. The maximum atomic E-state index is 13.6. The summed E-state index contributed by atoms with van der Waals surface area (Å²) in [6.45, 7) is 3.17. The van der Waals surface area contributed by atoms with Gasteiger partial charge in [0.05, 0.1) is 11.1 Å². The van der Waals surface area contributed by atoms with Crippen LogP contribution in [-0.2, 0) is 26.4 Å². The lowest BCUT2D eigenvalue weighted by Crippen LogP contribution is -2.33. The van der Waals surface area contributed by atoms with Gasteiger partial charge < -0.3 is 4.57 Å². The number of aromatic nitrogens is 3. The van der Waals surface area contributed by atoms with Gasteiger partial charge in [-0.15, -0.1) is 11.3 Å². The van der Waals surface area contributed by atoms with Gasteiger partial charge in [0.15, 0.2) is 0 Å². The van der Waals surface area contributed by atoms with E-state index in [0.717, 1.165) is 66.6 Å². The van der Waals surface area contributed by atoms with Crippen LogP contribution < -0.4 is 11.2 Å². The van der Waals surface area contributed by atoms with Crippen LogP contribution in [0.2, 0.25) is 0 Å². The number of likely N-dealkylation sites (tertiary alicyclic amines) is 1. The van der Waals surface area contributed by atoms with Gasteiger partial charge in [0.2, 0.25) is 0 Å². The smallest absolute Gasteiger partial charge is 0.334 e. The molecule has 0 amide bonds. The van der Waals surface area contributed by atoms with Crippen LogP contribution in [0.3, 0.4) is 0 Å². The van der Waals surface area contributed by atoms with E-state index in [1.54, 1.807) is 11.3 Å². The molecule has 6 rings (SSSR count). The molecule has 0 bridgehead atoms. The van der Waals surface area contributed by atoms with Crippen LogP contribution in [0.1, 0.15) is 48.1 Å². The minimum absolute atomic E-state index is 0.184. The summed E-state index contributed by atoms with van der Waals surface area (Å²) in [4.78, 5) is 34.1. The van der Waals surface area contributed by atoms with E-state index in [1.165, 1.54) is 34.3 Å². The Morgan fingerprint density at radius 2 is 1.84 bits per heavy atom. The Balaban J connectivity index is 1.50. The van der Waals surface area contributed by atoms with Crippen LogP contribution in [0.5, 0.6) is 0 Å². The number of hydrogen-bond acceptors (Lipinski definition) is 4. The first-order valence-corrected chi connectivity index (χ1v) is 12.5. The van der Waals surface area contributed by atoms with Crippen molar-refractivity contribution in [3.8, 4) is 5.69 Å². The third-order valence-corrected chi connectivity index (χ3v) is 8.38. The molecule has 1 aromatic carbocycles. The summed E-state index contributed by atoms with van der Waals surface area (Å²) in [6.07, 6.45) is 10.2. The minimum atomic E-state index is -0.353. The standard InChI is InChI=1S/C25H28N4O2S/c1-27-14-16(15-28-11-5-2-6-12-28)19-13-17(9-10-20(19)27)29-24(30)22-18-7-3-4-8-21(18)32-23(22)26-25(29)31/h9-10,13-14H,2-8,11-12,15H2,1H3,(H,26,31). The SMILES string of the molecule is Cn1cc(CN2CCCCC2)c2cc(-n3c(=O)[nH]c4sc5c(c4c3=O)CCCC5)ccc21. The van der Waals surface area contributed by atoms with Gasteiger partial charge >= 0.3 is 5.69 Å². The normalized spacial score (nSPS) is 17.3. The number of aromatic amines is 1. The molecule has 3 aromatic heterocycles. The first-order valence-electron chi connectivity index (χ1n) is 11.7. The first kappa shape index (κ1) is 20.0. The van der Waals surface area contributed by atoms with E-state index in [2.05, 4.69) is 27.7 Å². The van der Waals surface area contributed by atoms with Gasteiger partial charge in [-0.1, -0.05) is 6.42 Å². The lowest BCUT2D eigenvalue weighted by atomic mass is 9.97.